The summed E-state index contributed by atoms with van der Waals surface area (Å²) in [6.07, 6.45) is 1.39. The molecule has 2 aromatic carbocycles. The van der Waals surface area contributed by atoms with Crippen molar-refractivity contribution in [1.82, 2.24) is 25.5 Å². The summed E-state index contributed by atoms with van der Waals surface area (Å²) in [7, 11) is 0. The van der Waals surface area contributed by atoms with Crippen LogP contribution in [-0.2, 0) is 11.3 Å². The monoisotopic (exact) mass is 381 g/mol. The fourth-order valence-corrected chi connectivity index (χ4v) is 3.22. The predicted octanol–water partition coefficient (Wildman–Crippen LogP) is 2.82. The van der Waals surface area contributed by atoms with E-state index in [1.165, 1.54) is 10.9 Å². The van der Waals surface area contributed by atoms with Crippen LogP contribution < -0.4 is 10.1 Å². The van der Waals surface area contributed by atoms with Gasteiger partial charge in [-0.15, -0.1) is 10.2 Å². The largest absolute Gasteiger partial charge is 0.490 e. The fourth-order valence-electron chi connectivity index (χ4n) is 3.22. The third-order valence-corrected chi connectivity index (χ3v) is 4.64. The molecule has 4 rings (SSSR count). The molecular formula is C20H20FN5O2. The topological polar surface area (TPSA) is 81.9 Å². The Hall–Kier alpha value is -3.29. The highest BCUT2D eigenvalue weighted by Gasteiger charge is 2.24. The van der Waals surface area contributed by atoms with Gasteiger partial charge in [0.1, 0.15) is 6.54 Å². The highest BCUT2D eigenvalue weighted by Crippen LogP contribution is 2.33. The Labute approximate surface area is 161 Å². The van der Waals surface area contributed by atoms with E-state index in [1.807, 2.05) is 31.2 Å². The third kappa shape index (κ3) is 3.85. The van der Waals surface area contributed by atoms with Crippen molar-refractivity contribution < 1.29 is 13.9 Å². The Bertz CT molecular complexity index is 987. The molecule has 0 bridgehead atoms. The van der Waals surface area contributed by atoms with E-state index in [0.717, 1.165) is 17.5 Å². The van der Waals surface area contributed by atoms with Crippen LogP contribution in [0.25, 0.3) is 11.4 Å². The number of carbonyl (C=O) groups excluding carboxylic acids is 1. The minimum absolute atomic E-state index is 0.0686. The molecule has 1 atom stereocenters. The van der Waals surface area contributed by atoms with E-state index in [-0.39, 0.29) is 24.2 Å². The van der Waals surface area contributed by atoms with Crippen molar-refractivity contribution in [3.05, 3.63) is 59.4 Å². The van der Waals surface area contributed by atoms with Crippen LogP contribution in [0.2, 0.25) is 0 Å². The number of halogens is 1. The van der Waals surface area contributed by atoms with Gasteiger partial charge in [-0.05, 0) is 31.0 Å². The molecule has 1 amide bonds. The molecule has 8 heteroatoms. The van der Waals surface area contributed by atoms with E-state index in [1.54, 1.807) is 12.1 Å². The van der Waals surface area contributed by atoms with Crippen LogP contribution in [0.15, 0.2) is 42.5 Å². The molecule has 0 radical (unpaired) electrons. The van der Waals surface area contributed by atoms with Gasteiger partial charge in [0.2, 0.25) is 11.7 Å². The summed E-state index contributed by atoms with van der Waals surface area (Å²) in [5, 5.41) is 15.2. The van der Waals surface area contributed by atoms with Crippen LogP contribution in [0, 0.1) is 12.7 Å². The molecule has 1 N–H and O–H groups in total. The number of nitrogens with zero attached hydrogens (tertiary/aromatic N) is 4. The number of tetrazole rings is 1. The number of para-hydroxylation sites is 1. The van der Waals surface area contributed by atoms with Crippen LogP contribution in [0.1, 0.15) is 30.0 Å². The number of hydrogen-bond acceptors (Lipinski definition) is 5. The first-order valence-corrected chi connectivity index (χ1v) is 9.15. The quantitative estimate of drug-likeness (QED) is 0.752. The van der Waals surface area contributed by atoms with Gasteiger partial charge in [0, 0.05) is 11.1 Å². The second-order valence-electron chi connectivity index (χ2n) is 6.78. The summed E-state index contributed by atoms with van der Waals surface area (Å²) in [4.78, 5) is 13.8. The van der Waals surface area contributed by atoms with E-state index in [2.05, 4.69) is 20.7 Å². The Kier molecular flexibility index (Phi) is 5.01. The predicted molar refractivity (Wildman–Crippen MR) is 100 cm³/mol. The minimum atomic E-state index is -0.417. The number of ether oxygens (including phenoxy) is 1. The Balaban J connectivity index is 1.45. The van der Waals surface area contributed by atoms with Crippen molar-refractivity contribution >= 4 is 5.91 Å². The molecule has 7 nitrogen and oxygen atoms in total. The van der Waals surface area contributed by atoms with Gasteiger partial charge in [-0.25, -0.2) is 4.39 Å². The summed E-state index contributed by atoms with van der Waals surface area (Å²) in [6, 6.07) is 12.2. The number of rotatable bonds is 4. The molecule has 3 aromatic rings. The van der Waals surface area contributed by atoms with Gasteiger partial charge in [0.15, 0.2) is 11.6 Å². The molecule has 2 heterocycles. The van der Waals surface area contributed by atoms with Crippen molar-refractivity contribution in [2.75, 3.05) is 6.61 Å². The maximum Gasteiger partial charge on any atom is 0.244 e. The second kappa shape index (κ2) is 7.75. The summed E-state index contributed by atoms with van der Waals surface area (Å²) in [5.41, 5.74) is 2.62. The molecule has 1 aromatic heterocycles. The Morgan fingerprint density at radius 2 is 2.11 bits per heavy atom. The van der Waals surface area contributed by atoms with Crippen molar-refractivity contribution in [3.63, 3.8) is 0 Å². The highest BCUT2D eigenvalue weighted by molar-refractivity contribution is 5.76. The third-order valence-electron chi connectivity index (χ3n) is 4.64. The number of aryl methyl sites for hydroxylation is 1. The molecule has 0 fully saturated rings. The number of benzene rings is 2. The lowest BCUT2D eigenvalue weighted by Gasteiger charge is -2.18. The average molecular weight is 381 g/mol. The molecule has 1 aliphatic heterocycles. The SMILES string of the molecule is Cc1ccc(-c2nnn(CC(=O)NC3CCCOc4c(F)cccc43)n2)cc1. The summed E-state index contributed by atoms with van der Waals surface area (Å²) in [5.74, 6) is -0.0109. The van der Waals surface area contributed by atoms with Gasteiger partial charge in [-0.1, -0.05) is 42.0 Å². The van der Waals surface area contributed by atoms with Crippen molar-refractivity contribution in [1.29, 1.82) is 0 Å². The van der Waals surface area contributed by atoms with E-state index in [0.29, 0.717) is 24.4 Å². The zero-order valence-electron chi connectivity index (χ0n) is 15.4. The smallest absolute Gasteiger partial charge is 0.244 e. The second-order valence-corrected chi connectivity index (χ2v) is 6.78. The first kappa shape index (κ1) is 18.1. The molecule has 28 heavy (non-hydrogen) atoms. The lowest BCUT2D eigenvalue weighted by Crippen LogP contribution is -2.32. The summed E-state index contributed by atoms with van der Waals surface area (Å²) in [6.45, 7) is 2.35. The molecule has 1 aliphatic rings. The van der Waals surface area contributed by atoms with Crippen LogP contribution in [0.3, 0.4) is 0 Å². The van der Waals surface area contributed by atoms with E-state index in [4.69, 9.17) is 4.74 Å². The van der Waals surface area contributed by atoms with Crippen LogP contribution in [0.4, 0.5) is 4.39 Å². The number of nitrogens with one attached hydrogen (secondary N) is 1. The number of fused-ring (bicyclic) bond motifs is 1. The van der Waals surface area contributed by atoms with Crippen LogP contribution >= 0.6 is 0 Å². The molecular weight excluding hydrogens is 361 g/mol. The number of carbonyl (C=O) groups is 1. The van der Waals surface area contributed by atoms with Gasteiger partial charge in [0.05, 0.1) is 12.6 Å². The molecule has 144 valence electrons. The van der Waals surface area contributed by atoms with Gasteiger partial charge < -0.3 is 10.1 Å². The Morgan fingerprint density at radius 3 is 2.93 bits per heavy atom. The van der Waals surface area contributed by atoms with Crippen LogP contribution in [-0.4, -0.2) is 32.7 Å². The number of amides is 1. The molecule has 0 spiro atoms. The fraction of sp³-hybridized carbons (Fsp3) is 0.300. The van der Waals surface area contributed by atoms with E-state index < -0.39 is 5.82 Å². The van der Waals surface area contributed by atoms with Crippen molar-refractivity contribution in [2.24, 2.45) is 0 Å². The minimum Gasteiger partial charge on any atom is -0.490 e. The first-order valence-electron chi connectivity index (χ1n) is 9.15. The standard InChI is InChI=1S/C20H20FN5O2/c1-13-7-9-14(10-8-13)20-23-25-26(24-20)12-18(27)22-17-6-3-11-28-19-15(17)4-2-5-16(19)21/h2,4-5,7-10,17H,3,6,11-12H2,1H3,(H,22,27). The van der Waals surface area contributed by atoms with Gasteiger partial charge in [0.25, 0.3) is 0 Å². The lowest BCUT2D eigenvalue weighted by atomic mass is 10.0. The first-order chi connectivity index (χ1) is 13.6. The number of hydrogen-bond donors (Lipinski definition) is 1. The van der Waals surface area contributed by atoms with Crippen LogP contribution in [0.5, 0.6) is 5.75 Å². The van der Waals surface area contributed by atoms with Gasteiger partial charge in [-0.3, -0.25) is 4.79 Å². The van der Waals surface area contributed by atoms with E-state index in [9.17, 15) is 9.18 Å². The van der Waals surface area contributed by atoms with Gasteiger partial charge >= 0.3 is 0 Å². The summed E-state index contributed by atoms with van der Waals surface area (Å²) < 4.78 is 19.5. The van der Waals surface area contributed by atoms with E-state index >= 15 is 0 Å². The van der Waals surface area contributed by atoms with Gasteiger partial charge in [-0.2, -0.15) is 4.80 Å². The molecule has 0 aliphatic carbocycles. The normalized spacial score (nSPS) is 16.0. The molecule has 1 unspecified atom stereocenters. The van der Waals surface area contributed by atoms with Crippen molar-refractivity contribution in [3.8, 4) is 17.1 Å². The zero-order chi connectivity index (χ0) is 19.5. The maximum atomic E-state index is 14.0. The molecule has 0 saturated carbocycles. The highest BCUT2D eigenvalue weighted by atomic mass is 19.1. The Morgan fingerprint density at radius 1 is 1.29 bits per heavy atom. The maximum absolute atomic E-state index is 14.0. The molecule has 0 saturated heterocycles. The number of aromatic nitrogens is 4. The van der Waals surface area contributed by atoms with Crippen molar-refractivity contribution in [2.45, 2.75) is 32.4 Å². The summed E-state index contributed by atoms with van der Waals surface area (Å²) >= 11 is 0. The zero-order valence-corrected chi connectivity index (χ0v) is 15.4. The lowest BCUT2D eigenvalue weighted by molar-refractivity contribution is -0.122. The average Bonchev–Trinajstić information content (AvgIpc) is 3.04.